The van der Waals surface area contributed by atoms with Gasteiger partial charge in [0.25, 0.3) is 0 Å². The lowest BCUT2D eigenvalue weighted by Crippen LogP contribution is -2.45. The zero-order valence-electron chi connectivity index (χ0n) is 13.6. The second-order valence-corrected chi connectivity index (χ2v) is 6.19. The van der Waals surface area contributed by atoms with Gasteiger partial charge in [0.2, 0.25) is 0 Å². The Morgan fingerprint density at radius 1 is 1.48 bits per heavy atom. The van der Waals surface area contributed by atoms with Gasteiger partial charge in [-0.2, -0.15) is 11.8 Å². The number of phenols is 1. The quantitative estimate of drug-likeness (QED) is 0.302. The average Bonchev–Trinajstić information content (AvgIpc) is 2.54. The SMILES string of the molecule is CSCCOC(=O)C1=C(C)NC(=O)N[C@@H]1c1ccc(O)c([N+](=O)[O-])c1. The molecule has 0 unspecified atom stereocenters. The van der Waals surface area contributed by atoms with E-state index in [4.69, 9.17) is 4.74 Å². The van der Waals surface area contributed by atoms with Gasteiger partial charge in [-0.05, 0) is 24.8 Å². The molecule has 1 aromatic carbocycles. The minimum atomic E-state index is -0.921. The highest BCUT2D eigenvalue weighted by molar-refractivity contribution is 7.98. The lowest BCUT2D eigenvalue weighted by molar-refractivity contribution is -0.385. The number of hydrogen-bond donors (Lipinski definition) is 3. The van der Waals surface area contributed by atoms with Crippen LogP contribution in [0.25, 0.3) is 0 Å². The fourth-order valence-electron chi connectivity index (χ4n) is 2.38. The first-order valence-corrected chi connectivity index (χ1v) is 8.66. The molecule has 10 heteroatoms. The number of thioether (sulfide) groups is 1. The topological polar surface area (TPSA) is 131 Å². The molecule has 0 radical (unpaired) electrons. The first kappa shape index (κ1) is 18.6. The summed E-state index contributed by atoms with van der Waals surface area (Å²) in [5, 5.41) is 25.6. The van der Waals surface area contributed by atoms with Crippen molar-refractivity contribution >= 4 is 29.4 Å². The summed E-state index contributed by atoms with van der Waals surface area (Å²) in [5.41, 5.74) is 0.230. The van der Waals surface area contributed by atoms with Crippen molar-refractivity contribution < 1.29 is 24.4 Å². The van der Waals surface area contributed by atoms with Gasteiger partial charge in [-0.15, -0.1) is 0 Å². The number of benzene rings is 1. The number of esters is 1. The van der Waals surface area contributed by atoms with Crippen LogP contribution < -0.4 is 10.6 Å². The van der Waals surface area contributed by atoms with Gasteiger partial charge in [-0.3, -0.25) is 10.1 Å². The molecule has 134 valence electrons. The Kier molecular flexibility index (Phi) is 5.86. The van der Waals surface area contributed by atoms with Crippen LogP contribution in [0.1, 0.15) is 18.5 Å². The summed E-state index contributed by atoms with van der Waals surface area (Å²) >= 11 is 1.51. The summed E-state index contributed by atoms with van der Waals surface area (Å²) in [6, 6.07) is 2.21. The number of amides is 2. The number of nitro benzene ring substituents is 1. The molecule has 0 bridgehead atoms. The average molecular weight is 367 g/mol. The molecule has 9 nitrogen and oxygen atoms in total. The van der Waals surface area contributed by atoms with E-state index < -0.39 is 34.4 Å². The van der Waals surface area contributed by atoms with Crippen molar-refractivity contribution in [3.05, 3.63) is 45.1 Å². The van der Waals surface area contributed by atoms with E-state index in [1.807, 2.05) is 6.26 Å². The monoisotopic (exact) mass is 367 g/mol. The number of urea groups is 1. The smallest absolute Gasteiger partial charge is 0.338 e. The second-order valence-electron chi connectivity index (χ2n) is 5.20. The lowest BCUT2D eigenvalue weighted by Gasteiger charge is -2.28. The summed E-state index contributed by atoms with van der Waals surface area (Å²) in [5.74, 6) is -0.508. The minimum absolute atomic E-state index is 0.153. The van der Waals surface area contributed by atoms with E-state index in [1.54, 1.807) is 6.92 Å². The zero-order chi connectivity index (χ0) is 18.6. The summed E-state index contributed by atoms with van der Waals surface area (Å²) < 4.78 is 5.19. The predicted molar refractivity (Wildman–Crippen MR) is 91.2 cm³/mol. The Balaban J connectivity index is 2.40. The summed E-state index contributed by atoms with van der Waals surface area (Å²) in [6.07, 6.45) is 1.87. The molecule has 1 aromatic rings. The third-order valence-electron chi connectivity index (χ3n) is 3.54. The number of nitrogens with zero attached hydrogens (tertiary/aromatic N) is 1. The number of phenolic OH excluding ortho intramolecular Hbond substituents is 1. The molecule has 25 heavy (non-hydrogen) atoms. The maximum atomic E-state index is 12.4. The summed E-state index contributed by atoms with van der Waals surface area (Å²) in [6.45, 7) is 1.75. The molecule has 0 saturated carbocycles. The number of rotatable bonds is 6. The molecule has 1 heterocycles. The number of nitro groups is 1. The fourth-order valence-corrected chi connectivity index (χ4v) is 2.63. The highest BCUT2D eigenvalue weighted by Crippen LogP contribution is 2.33. The van der Waals surface area contributed by atoms with E-state index in [1.165, 1.54) is 17.8 Å². The maximum Gasteiger partial charge on any atom is 0.338 e. The van der Waals surface area contributed by atoms with Crippen molar-refractivity contribution in [2.45, 2.75) is 13.0 Å². The summed E-state index contributed by atoms with van der Waals surface area (Å²) in [7, 11) is 0. The third kappa shape index (κ3) is 4.21. The van der Waals surface area contributed by atoms with Crippen molar-refractivity contribution in [1.29, 1.82) is 0 Å². The molecule has 0 aliphatic carbocycles. The lowest BCUT2D eigenvalue weighted by atomic mass is 9.95. The fraction of sp³-hybridized carbons (Fsp3) is 0.333. The molecule has 0 saturated heterocycles. The van der Waals surface area contributed by atoms with Crippen molar-refractivity contribution in [3.63, 3.8) is 0 Å². The van der Waals surface area contributed by atoms with Crippen LogP contribution in [-0.4, -0.2) is 40.6 Å². The van der Waals surface area contributed by atoms with E-state index in [-0.39, 0.29) is 17.7 Å². The van der Waals surface area contributed by atoms with Gasteiger partial charge < -0.3 is 20.5 Å². The third-order valence-corrected chi connectivity index (χ3v) is 4.11. The van der Waals surface area contributed by atoms with Crippen LogP contribution in [0.15, 0.2) is 29.5 Å². The largest absolute Gasteiger partial charge is 0.502 e. The van der Waals surface area contributed by atoms with Gasteiger partial charge in [0, 0.05) is 17.5 Å². The molecular formula is C15H17N3O6S. The van der Waals surface area contributed by atoms with Gasteiger partial charge in [0.1, 0.15) is 6.61 Å². The van der Waals surface area contributed by atoms with Crippen LogP contribution in [0.2, 0.25) is 0 Å². The Bertz CT molecular complexity index is 749. The minimum Gasteiger partial charge on any atom is -0.502 e. The van der Waals surface area contributed by atoms with Gasteiger partial charge in [-0.1, -0.05) is 6.07 Å². The standard InChI is InChI=1S/C15H17N3O6S/c1-8-12(14(20)24-5-6-25-2)13(17-15(21)16-8)9-3-4-11(19)10(7-9)18(22)23/h3-4,7,13,19H,5-6H2,1-2H3,(H2,16,17,21)/t13-/m1/s1. The van der Waals surface area contributed by atoms with E-state index in [0.717, 1.165) is 12.1 Å². The first-order chi connectivity index (χ1) is 11.8. The maximum absolute atomic E-state index is 12.4. The number of aromatic hydroxyl groups is 1. The van der Waals surface area contributed by atoms with Crippen LogP contribution in [-0.2, 0) is 9.53 Å². The molecule has 3 N–H and O–H groups in total. The van der Waals surface area contributed by atoms with Gasteiger partial charge in [-0.25, -0.2) is 9.59 Å². The van der Waals surface area contributed by atoms with Crippen molar-refractivity contribution in [1.82, 2.24) is 10.6 Å². The summed E-state index contributed by atoms with van der Waals surface area (Å²) in [4.78, 5) is 34.4. The van der Waals surface area contributed by atoms with Crippen LogP contribution >= 0.6 is 11.8 Å². The highest BCUT2D eigenvalue weighted by atomic mass is 32.2. The Morgan fingerprint density at radius 3 is 2.84 bits per heavy atom. The molecule has 1 atom stereocenters. The molecule has 0 fully saturated rings. The van der Waals surface area contributed by atoms with Crippen molar-refractivity contribution in [3.8, 4) is 5.75 Å². The Morgan fingerprint density at radius 2 is 2.20 bits per heavy atom. The molecule has 0 aromatic heterocycles. The van der Waals surface area contributed by atoms with Gasteiger partial charge in [0.05, 0.1) is 16.5 Å². The molecule has 0 spiro atoms. The second kappa shape index (κ2) is 7.88. The first-order valence-electron chi connectivity index (χ1n) is 7.26. The van der Waals surface area contributed by atoms with E-state index in [9.17, 15) is 24.8 Å². The predicted octanol–water partition coefficient (Wildman–Crippen LogP) is 1.83. The number of nitrogens with one attached hydrogen (secondary N) is 2. The van der Waals surface area contributed by atoms with Crippen molar-refractivity contribution in [2.24, 2.45) is 0 Å². The molecule has 2 rings (SSSR count). The Hall–Kier alpha value is -2.75. The van der Waals surface area contributed by atoms with Crippen molar-refractivity contribution in [2.75, 3.05) is 18.6 Å². The number of allylic oxidation sites excluding steroid dienone is 1. The van der Waals surface area contributed by atoms with Gasteiger partial charge in [0.15, 0.2) is 5.75 Å². The van der Waals surface area contributed by atoms with Gasteiger partial charge >= 0.3 is 17.7 Å². The van der Waals surface area contributed by atoms with Crippen LogP contribution in [0.5, 0.6) is 5.75 Å². The van der Waals surface area contributed by atoms with Crippen LogP contribution in [0.3, 0.4) is 0 Å². The zero-order valence-corrected chi connectivity index (χ0v) is 14.4. The molecule has 1 aliphatic rings. The van der Waals surface area contributed by atoms with Crippen LogP contribution in [0, 0.1) is 10.1 Å². The Labute approximate surface area is 147 Å². The van der Waals surface area contributed by atoms with E-state index in [0.29, 0.717) is 11.4 Å². The van der Waals surface area contributed by atoms with E-state index in [2.05, 4.69) is 10.6 Å². The number of carbonyl (C=O) groups is 2. The number of carbonyl (C=O) groups excluding carboxylic acids is 2. The van der Waals surface area contributed by atoms with E-state index >= 15 is 0 Å². The van der Waals surface area contributed by atoms with Crippen LogP contribution in [0.4, 0.5) is 10.5 Å². The molecule has 2 amide bonds. The molecular weight excluding hydrogens is 350 g/mol. The highest BCUT2D eigenvalue weighted by Gasteiger charge is 2.33. The molecule has 1 aliphatic heterocycles. The normalized spacial score (nSPS) is 16.9. The number of ether oxygens (including phenoxy) is 1. The number of hydrogen-bond acceptors (Lipinski definition) is 7.